The van der Waals surface area contributed by atoms with Crippen molar-refractivity contribution >= 4 is 11.8 Å². The van der Waals surface area contributed by atoms with E-state index in [0.717, 1.165) is 12.8 Å². The number of hydrogen-bond donors (Lipinski definition) is 1. The van der Waals surface area contributed by atoms with E-state index < -0.39 is 11.7 Å². The highest BCUT2D eigenvalue weighted by Crippen LogP contribution is 2.22. The van der Waals surface area contributed by atoms with Gasteiger partial charge in [0.25, 0.3) is 0 Å². The number of esters is 1. The summed E-state index contributed by atoms with van der Waals surface area (Å²) in [4.78, 5) is 22.4. The SMILES string of the molecule is CCOC(=O)/C(O)=C1/CCCCC1=O. The molecule has 1 N–H and O–H groups in total. The number of allylic oxidation sites excluding steroid dienone is 1. The third-order valence-corrected chi connectivity index (χ3v) is 2.17. The number of rotatable bonds is 2. The summed E-state index contributed by atoms with van der Waals surface area (Å²) in [5, 5.41) is 9.43. The Labute approximate surface area is 82.6 Å². The number of Topliss-reactive ketones (excluding diaryl/α,β-unsaturated/α-hetero) is 1. The number of ether oxygens (including phenoxy) is 1. The van der Waals surface area contributed by atoms with Crippen molar-refractivity contribution in [2.45, 2.75) is 32.6 Å². The smallest absolute Gasteiger partial charge is 0.373 e. The van der Waals surface area contributed by atoms with Crippen molar-refractivity contribution in [1.82, 2.24) is 0 Å². The van der Waals surface area contributed by atoms with Gasteiger partial charge in [-0.05, 0) is 26.2 Å². The van der Waals surface area contributed by atoms with Crippen LogP contribution in [-0.2, 0) is 14.3 Å². The fourth-order valence-corrected chi connectivity index (χ4v) is 1.45. The van der Waals surface area contributed by atoms with Gasteiger partial charge in [-0.15, -0.1) is 0 Å². The highest BCUT2D eigenvalue weighted by atomic mass is 16.5. The molecule has 0 aromatic rings. The molecule has 0 atom stereocenters. The average molecular weight is 198 g/mol. The van der Waals surface area contributed by atoms with Crippen LogP contribution in [0.4, 0.5) is 0 Å². The summed E-state index contributed by atoms with van der Waals surface area (Å²) in [5.41, 5.74) is 0.231. The number of aliphatic hydroxyl groups excluding tert-OH is 1. The molecule has 0 spiro atoms. The van der Waals surface area contributed by atoms with Crippen molar-refractivity contribution < 1.29 is 19.4 Å². The molecule has 1 aliphatic carbocycles. The van der Waals surface area contributed by atoms with E-state index in [2.05, 4.69) is 4.74 Å². The molecule has 0 heterocycles. The van der Waals surface area contributed by atoms with E-state index in [9.17, 15) is 14.7 Å². The monoisotopic (exact) mass is 198 g/mol. The second kappa shape index (κ2) is 4.79. The fourth-order valence-electron chi connectivity index (χ4n) is 1.45. The van der Waals surface area contributed by atoms with Crippen molar-refractivity contribution in [2.75, 3.05) is 6.61 Å². The van der Waals surface area contributed by atoms with Crippen LogP contribution >= 0.6 is 0 Å². The van der Waals surface area contributed by atoms with E-state index in [1.54, 1.807) is 6.92 Å². The van der Waals surface area contributed by atoms with Crippen molar-refractivity contribution in [3.05, 3.63) is 11.3 Å². The van der Waals surface area contributed by atoms with Gasteiger partial charge in [0, 0.05) is 12.0 Å². The molecule has 0 bridgehead atoms. The number of aliphatic hydroxyl groups is 1. The molecule has 1 rings (SSSR count). The van der Waals surface area contributed by atoms with E-state index in [-0.39, 0.29) is 18.0 Å². The Morgan fingerprint density at radius 3 is 2.64 bits per heavy atom. The van der Waals surface area contributed by atoms with Gasteiger partial charge in [0.2, 0.25) is 5.76 Å². The van der Waals surface area contributed by atoms with Crippen LogP contribution in [0, 0.1) is 0 Å². The van der Waals surface area contributed by atoms with E-state index in [4.69, 9.17) is 0 Å². The topological polar surface area (TPSA) is 63.6 Å². The number of ketones is 1. The molecule has 1 aliphatic rings. The minimum Gasteiger partial charge on any atom is -0.502 e. The molecule has 1 fully saturated rings. The lowest BCUT2D eigenvalue weighted by Crippen LogP contribution is -2.17. The maximum atomic E-state index is 11.3. The van der Waals surface area contributed by atoms with Gasteiger partial charge in [0.15, 0.2) is 5.78 Å². The predicted molar refractivity (Wildman–Crippen MR) is 49.8 cm³/mol. The van der Waals surface area contributed by atoms with Crippen LogP contribution in [0.25, 0.3) is 0 Å². The Bertz CT molecular complexity index is 278. The van der Waals surface area contributed by atoms with Gasteiger partial charge in [-0.25, -0.2) is 4.79 Å². The summed E-state index contributed by atoms with van der Waals surface area (Å²) < 4.78 is 4.61. The zero-order valence-corrected chi connectivity index (χ0v) is 8.21. The molecule has 0 amide bonds. The Balaban J connectivity index is 2.79. The van der Waals surface area contributed by atoms with Gasteiger partial charge in [-0.3, -0.25) is 4.79 Å². The van der Waals surface area contributed by atoms with Gasteiger partial charge < -0.3 is 9.84 Å². The molecule has 14 heavy (non-hydrogen) atoms. The molecule has 0 aromatic carbocycles. The quantitative estimate of drug-likeness (QED) is 0.415. The Hall–Kier alpha value is -1.32. The van der Waals surface area contributed by atoms with Gasteiger partial charge in [-0.1, -0.05) is 0 Å². The first-order valence-corrected chi connectivity index (χ1v) is 4.79. The van der Waals surface area contributed by atoms with E-state index in [1.165, 1.54) is 0 Å². The summed E-state index contributed by atoms with van der Waals surface area (Å²) in [6.07, 6.45) is 2.56. The molecule has 1 saturated carbocycles. The molecule has 78 valence electrons. The molecule has 0 aliphatic heterocycles. The molecule has 0 saturated heterocycles. The van der Waals surface area contributed by atoms with Crippen LogP contribution in [0.3, 0.4) is 0 Å². The Morgan fingerprint density at radius 1 is 1.43 bits per heavy atom. The standard InChI is InChI=1S/C10H14O4/c1-2-14-10(13)9(12)7-5-3-4-6-8(7)11/h12H,2-6H2,1H3/b9-7+. The third kappa shape index (κ3) is 2.34. The molecule has 0 radical (unpaired) electrons. The average Bonchev–Trinajstić information content (AvgIpc) is 2.18. The van der Waals surface area contributed by atoms with Gasteiger partial charge in [-0.2, -0.15) is 0 Å². The van der Waals surface area contributed by atoms with Crippen LogP contribution in [0.5, 0.6) is 0 Å². The third-order valence-electron chi connectivity index (χ3n) is 2.17. The summed E-state index contributed by atoms with van der Waals surface area (Å²) in [6.45, 7) is 1.85. The van der Waals surface area contributed by atoms with E-state index >= 15 is 0 Å². The fraction of sp³-hybridized carbons (Fsp3) is 0.600. The van der Waals surface area contributed by atoms with Crippen LogP contribution in [0.1, 0.15) is 32.6 Å². The summed E-state index contributed by atoms with van der Waals surface area (Å²) in [6, 6.07) is 0. The molecule has 0 unspecified atom stereocenters. The Kier molecular flexibility index (Phi) is 3.68. The van der Waals surface area contributed by atoms with Crippen LogP contribution < -0.4 is 0 Å². The van der Waals surface area contributed by atoms with Crippen molar-refractivity contribution in [1.29, 1.82) is 0 Å². The van der Waals surface area contributed by atoms with Gasteiger partial charge in [0.05, 0.1) is 6.61 Å². The largest absolute Gasteiger partial charge is 0.502 e. The Morgan fingerprint density at radius 2 is 2.07 bits per heavy atom. The maximum Gasteiger partial charge on any atom is 0.373 e. The molecule has 4 heteroatoms. The van der Waals surface area contributed by atoms with Gasteiger partial charge in [0.1, 0.15) is 0 Å². The molecule has 0 aromatic heterocycles. The first-order chi connectivity index (χ1) is 6.66. The van der Waals surface area contributed by atoms with Crippen molar-refractivity contribution in [2.24, 2.45) is 0 Å². The van der Waals surface area contributed by atoms with Crippen LogP contribution in [-0.4, -0.2) is 23.5 Å². The minimum atomic E-state index is -0.794. The number of carbonyl (C=O) groups excluding carboxylic acids is 2. The summed E-state index contributed by atoms with van der Waals surface area (Å²) in [7, 11) is 0. The maximum absolute atomic E-state index is 11.3. The first-order valence-electron chi connectivity index (χ1n) is 4.79. The van der Waals surface area contributed by atoms with Crippen molar-refractivity contribution in [3.63, 3.8) is 0 Å². The zero-order valence-electron chi connectivity index (χ0n) is 8.21. The van der Waals surface area contributed by atoms with E-state index in [0.29, 0.717) is 12.8 Å². The first kappa shape index (κ1) is 10.8. The lowest BCUT2D eigenvalue weighted by molar-refractivity contribution is -0.142. The minimum absolute atomic E-state index is 0.137. The molecule has 4 nitrogen and oxygen atoms in total. The second-order valence-electron chi connectivity index (χ2n) is 3.18. The normalized spacial score (nSPS) is 20.5. The van der Waals surface area contributed by atoms with Crippen molar-refractivity contribution in [3.8, 4) is 0 Å². The summed E-state index contributed by atoms with van der Waals surface area (Å²) in [5.74, 6) is -1.43. The highest BCUT2D eigenvalue weighted by molar-refractivity contribution is 6.02. The number of hydrogen-bond acceptors (Lipinski definition) is 4. The lowest BCUT2D eigenvalue weighted by Gasteiger charge is -2.13. The lowest BCUT2D eigenvalue weighted by atomic mass is 9.92. The second-order valence-corrected chi connectivity index (χ2v) is 3.18. The molecular formula is C10H14O4. The summed E-state index contributed by atoms with van der Waals surface area (Å²) >= 11 is 0. The molecular weight excluding hydrogens is 184 g/mol. The number of carbonyl (C=O) groups is 2. The predicted octanol–water partition coefficient (Wildman–Crippen LogP) is 1.50. The van der Waals surface area contributed by atoms with Crippen LogP contribution in [0.2, 0.25) is 0 Å². The van der Waals surface area contributed by atoms with E-state index in [1.807, 2.05) is 0 Å². The highest BCUT2D eigenvalue weighted by Gasteiger charge is 2.23. The zero-order chi connectivity index (χ0) is 10.6. The van der Waals surface area contributed by atoms with Gasteiger partial charge >= 0.3 is 5.97 Å². The van der Waals surface area contributed by atoms with Crippen LogP contribution in [0.15, 0.2) is 11.3 Å².